The average Bonchev–Trinajstić information content (AvgIpc) is 3.51. The van der Waals surface area contributed by atoms with Gasteiger partial charge < -0.3 is 38.2 Å². The molecule has 2 amide bonds. The van der Waals surface area contributed by atoms with Crippen molar-refractivity contribution in [1.29, 1.82) is 0 Å². The fourth-order valence-electron chi connectivity index (χ4n) is 5.96. The second kappa shape index (κ2) is 9.87. The Balaban J connectivity index is 1.25. The SMILES string of the molecule is COC1Oc2cc(I)c(C(=O)N3CC4(C)CN(C(=O)c5cc6c(cc5I)OC(OC)O6)CC(C)(C3)C4=O)cc2O1. The molecule has 2 unspecified atom stereocenters. The molecule has 0 aliphatic carbocycles. The van der Waals surface area contributed by atoms with Gasteiger partial charge >= 0.3 is 13.0 Å². The monoisotopic (exact) mass is 776 g/mol. The van der Waals surface area contributed by atoms with Crippen molar-refractivity contribution in [3.63, 3.8) is 0 Å². The van der Waals surface area contributed by atoms with Crippen LogP contribution in [-0.4, -0.2) is 80.7 Å². The lowest BCUT2D eigenvalue weighted by molar-refractivity contribution is -0.158. The van der Waals surface area contributed by atoms with Crippen LogP contribution in [0.2, 0.25) is 0 Å². The molecule has 2 fully saturated rings. The highest BCUT2D eigenvalue weighted by atomic mass is 127. The number of halogens is 2. The lowest BCUT2D eigenvalue weighted by atomic mass is 9.64. The molecule has 40 heavy (non-hydrogen) atoms. The van der Waals surface area contributed by atoms with E-state index >= 15 is 0 Å². The number of benzene rings is 2. The van der Waals surface area contributed by atoms with Crippen LogP contribution in [0, 0.1) is 18.0 Å². The Kier molecular flexibility index (Phi) is 6.86. The first-order valence-electron chi connectivity index (χ1n) is 12.5. The minimum atomic E-state index is -0.942. The first-order valence-corrected chi connectivity index (χ1v) is 14.6. The normalized spacial score (nSPS) is 28.2. The van der Waals surface area contributed by atoms with E-state index in [2.05, 4.69) is 45.2 Å². The fraction of sp³-hybridized carbons (Fsp3) is 0.444. The standard InChI is InChI=1S/C27H26I2N2O9/c1-26-9-30(21(32)13-5-17-19(7-15(13)28)39-24(35-3)37-17)11-27(2,23(26)34)12-31(10-26)22(33)14-6-18-20(8-16(14)29)40-25(36-4)38-18/h5-8,24-25H,9-12H2,1-4H3. The van der Waals surface area contributed by atoms with Crippen molar-refractivity contribution in [2.75, 3.05) is 40.4 Å². The Morgan fingerprint density at radius 3 is 1.38 bits per heavy atom. The molecule has 0 N–H and O–H groups in total. The molecular weight excluding hydrogens is 750 g/mol. The third-order valence-electron chi connectivity index (χ3n) is 7.64. The number of nitrogens with zero attached hydrogens (tertiary/aromatic N) is 2. The average molecular weight is 776 g/mol. The Bertz CT molecular complexity index is 1330. The van der Waals surface area contributed by atoms with Crippen molar-refractivity contribution in [2.24, 2.45) is 10.8 Å². The zero-order valence-electron chi connectivity index (χ0n) is 22.1. The van der Waals surface area contributed by atoms with Crippen LogP contribution < -0.4 is 18.9 Å². The predicted molar refractivity (Wildman–Crippen MR) is 155 cm³/mol. The van der Waals surface area contributed by atoms with E-state index in [-0.39, 0.29) is 43.8 Å². The number of ether oxygens (including phenoxy) is 6. The number of hydrogen-bond donors (Lipinski definition) is 0. The number of carbonyl (C=O) groups excluding carboxylic acids is 3. The topological polar surface area (TPSA) is 113 Å². The first kappa shape index (κ1) is 27.8. The Labute approximate surface area is 257 Å². The number of fused-ring (bicyclic) bond motifs is 4. The third kappa shape index (κ3) is 4.48. The molecule has 11 nitrogen and oxygen atoms in total. The number of Topliss-reactive ketones (excluding diaryl/α,β-unsaturated/α-hetero) is 1. The summed E-state index contributed by atoms with van der Waals surface area (Å²) in [6.07, 6.45) is 0. The number of methoxy groups -OCH3 is 2. The maximum absolute atomic E-state index is 13.8. The number of carbonyl (C=O) groups is 3. The van der Waals surface area contributed by atoms with E-state index < -0.39 is 23.8 Å². The van der Waals surface area contributed by atoms with Gasteiger partial charge in [0.2, 0.25) is 0 Å². The van der Waals surface area contributed by atoms with Gasteiger partial charge in [0.15, 0.2) is 28.8 Å². The lowest BCUT2D eigenvalue weighted by Gasteiger charge is -2.55. The Morgan fingerprint density at radius 2 is 1.05 bits per heavy atom. The molecule has 2 atom stereocenters. The molecule has 0 aromatic heterocycles. The van der Waals surface area contributed by atoms with Gasteiger partial charge in [-0.2, -0.15) is 0 Å². The van der Waals surface area contributed by atoms with Crippen LogP contribution in [0.15, 0.2) is 24.3 Å². The zero-order valence-corrected chi connectivity index (χ0v) is 26.4. The molecule has 2 saturated heterocycles. The van der Waals surface area contributed by atoms with E-state index in [1.165, 1.54) is 14.2 Å². The van der Waals surface area contributed by atoms with E-state index in [9.17, 15) is 14.4 Å². The van der Waals surface area contributed by atoms with Gasteiger partial charge in [-0.1, -0.05) is 0 Å². The van der Waals surface area contributed by atoms with E-state index in [0.29, 0.717) is 41.3 Å². The Hall–Kier alpha value is -2.37. The van der Waals surface area contributed by atoms with Gasteiger partial charge in [0.1, 0.15) is 0 Å². The molecule has 4 heterocycles. The summed E-state index contributed by atoms with van der Waals surface area (Å²) in [6.45, 7) is 2.66. The van der Waals surface area contributed by atoms with E-state index in [4.69, 9.17) is 28.4 Å². The Morgan fingerprint density at radius 1 is 0.725 bits per heavy atom. The molecule has 0 radical (unpaired) electrons. The summed E-state index contributed by atoms with van der Waals surface area (Å²) < 4.78 is 34.0. The zero-order chi connectivity index (χ0) is 28.6. The van der Waals surface area contributed by atoms with Crippen LogP contribution in [-0.2, 0) is 14.3 Å². The summed E-state index contributed by atoms with van der Waals surface area (Å²) in [6, 6.07) is 6.79. The van der Waals surface area contributed by atoms with E-state index in [1.807, 2.05) is 13.8 Å². The molecule has 2 aromatic rings. The maximum atomic E-state index is 13.8. The summed E-state index contributed by atoms with van der Waals surface area (Å²) in [5.41, 5.74) is -0.974. The van der Waals surface area contributed by atoms with Crippen LogP contribution in [0.4, 0.5) is 0 Å². The van der Waals surface area contributed by atoms with Gasteiger partial charge in [-0.05, 0) is 83.3 Å². The summed E-state index contributed by atoms with van der Waals surface area (Å²) in [5.74, 6) is 1.49. The summed E-state index contributed by atoms with van der Waals surface area (Å²) in [4.78, 5) is 44.7. The number of rotatable bonds is 4. The molecule has 6 rings (SSSR count). The van der Waals surface area contributed by atoms with Crippen molar-refractivity contribution in [1.82, 2.24) is 9.80 Å². The molecule has 4 aliphatic heterocycles. The minimum Gasteiger partial charge on any atom is -0.428 e. The number of piperidine rings is 2. The third-order valence-corrected chi connectivity index (χ3v) is 9.42. The number of hydrogen-bond acceptors (Lipinski definition) is 9. The molecule has 212 valence electrons. The van der Waals surface area contributed by atoms with Crippen LogP contribution in [0.25, 0.3) is 0 Å². The first-order chi connectivity index (χ1) is 18.9. The van der Waals surface area contributed by atoms with Crippen LogP contribution in [0.1, 0.15) is 34.6 Å². The van der Waals surface area contributed by atoms with Crippen molar-refractivity contribution in [2.45, 2.75) is 26.8 Å². The van der Waals surface area contributed by atoms with Crippen LogP contribution in [0.5, 0.6) is 23.0 Å². The fourth-order valence-corrected chi connectivity index (χ4v) is 7.30. The lowest BCUT2D eigenvalue weighted by Crippen LogP contribution is -2.69. The largest absolute Gasteiger partial charge is 0.428 e. The van der Waals surface area contributed by atoms with Crippen LogP contribution in [0.3, 0.4) is 0 Å². The van der Waals surface area contributed by atoms with Crippen molar-refractivity contribution < 1.29 is 42.8 Å². The highest BCUT2D eigenvalue weighted by Gasteiger charge is 2.57. The van der Waals surface area contributed by atoms with Crippen LogP contribution >= 0.6 is 45.2 Å². The van der Waals surface area contributed by atoms with Gasteiger partial charge in [0, 0.05) is 47.5 Å². The molecule has 0 saturated carbocycles. The highest BCUT2D eigenvalue weighted by Crippen LogP contribution is 2.45. The second-order valence-corrected chi connectivity index (χ2v) is 13.2. The number of amides is 2. The summed E-state index contributed by atoms with van der Waals surface area (Å²) in [7, 11) is 2.94. The van der Waals surface area contributed by atoms with Crippen molar-refractivity contribution in [3.8, 4) is 23.0 Å². The molecule has 2 aromatic carbocycles. The van der Waals surface area contributed by atoms with Gasteiger partial charge in [0.05, 0.1) is 22.0 Å². The number of likely N-dealkylation sites (tertiary alicyclic amines) is 2. The highest BCUT2D eigenvalue weighted by molar-refractivity contribution is 14.1. The molecule has 13 heteroatoms. The number of ketones is 1. The van der Waals surface area contributed by atoms with Crippen molar-refractivity contribution in [3.05, 3.63) is 42.5 Å². The minimum absolute atomic E-state index is 0.0553. The molecular formula is C27H26I2N2O9. The second-order valence-electron chi connectivity index (χ2n) is 10.9. The van der Waals surface area contributed by atoms with Crippen molar-refractivity contribution >= 4 is 62.8 Å². The quantitative estimate of drug-likeness (QED) is 0.431. The molecule has 2 bridgehead atoms. The van der Waals surface area contributed by atoms with E-state index in [0.717, 1.165) is 0 Å². The van der Waals surface area contributed by atoms with E-state index in [1.54, 1.807) is 34.1 Å². The molecule has 0 spiro atoms. The summed E-state index contributed by atoms with van der Waals surface area (Å²) >= 11 is 4.19. The molecule has 4 aliphatic rings. The van der Waals surface area contributed by atoms with Gasteiger partial charge in [-0.3, -0.25) is 14.4 Å². The van der Waals surface area contributed by atoms with Gasteiger partial charge in [-0.25, -0.2) is 0 Å². The van der Waals surface area contributed by atoms with Gasteiger partial charge in [-0.15, -0.1) is 0 Å². The predicted octanol–water partition coefficient (Wildman–Crippen LogP) is 3.49. The summed E-state index contributed by atoms with van der Waals surface area (Å²) in [5, 5.41) is 0. The van der Waals surface area contributed by atoms with Gasteiger partial charge in [0.25, 0.3) is 11.8 Å². The smallest absolute Gasteiger partial charge is 0.360 e. The maximum Gasteiger partial charge on any atom is 0.360 e.